The maximum absolute atomic E-state index is 13.7. The molecule has 0 radical (unpaired) electrons. The van der Waals surface area contributed by atoms with E-state index in [9.17, 15) is 17.6 Å². The Morgan fingerprint density at radius 1 is 1.07 bits per heavy atom. The highest BCUT2D eigenvalue weighted by molar-refractivity contribution is 5.81. The van der Waals surface area contributed by atoms with Crippen molar-refractivity contribution in [2.75, 3.05) is 5.32 Å². The van der Waals surface area contributed by atoms with E-state index < -0.39 is 17.7 Å². The summed E-state index contributed by atoms with van der Waals surface area (Å²) in [6, 6.07) is 11.8. The van der Waals surface area contributed by atoms with Gasteiger partial charge >= 0.3 is 6.18 Å². The molecule has 1 N–H and O–H groups in total. The first-order chi connectivity index (χ1) is 13.8. The van der Waals surface area contributed by atoms with Gasteiger partial charge in [0.15, 0.2) is 11.3 Å². The van der Waals surface area contributed by atoms with E-state index in [1.54, 1.807) is 31.3 Å². The third kappa shape index (κ3) is 3.75. The van der Waals surface area contributed by atoms with Gasteiger partial charge in [0.05, 0.1) is 17.8 Å². The summed E-state index contributed by atoms with van der Waals surface area (Å²) in [5, 5.41) is 6.86. The molecule has 5 nitrogen and oxygen atoms in total. The number of alkyl halides is 3. The Hall–Kier alpha value is -3.49. The van der Waals surface area contributed by atoms with Crippen LogP contribution in [0.4, 0.5) is 23.4 Å². The molecule has 4 aromatic rings. The van der Waals surface area contributed by atoms with E-state index in [1.165, 1.54) is 12.1 Å². The summed E-state index contributed by atoms with van der Waals surface area (Å²) in [4.78, 5) is 8.47. The number of aromatic nitrogens is 4. The number of anilines is 1. The van der Waals surface area contributed by atoms with Crippen LogP contribution < -0.4 is 5.32 Å². The standard InChI is InChI=1S/C20H15F4N5/c1-12-10-16(26-11-15-4-2-3-9-25-15)29-19(27-12)17(18(28-29)20(22,23)24)13-5-7-14(21)8-6-13/h2-10,26H,11H2,1H3. The molecular formula is C20H15F4N5. The lowest BCUT2D eigenvalue weighted by molar-refractivity contribution is -0.140. The molecule has 0 aliphatic heterocycles. The third-order valence-corrected chi connectivity index (χ3v) is 4.30. The quantitative estimate of drug-likeness (QED) is 0.496. The Labute approximate surface area is 163 Å². The minimum Gasteiger partial charge on any atom is -0.364 e. The number of nitrogens with one attached hydrogen (secondary N) is 1. The lowest BCUT2D eigenvalue weighted by Gasteiger charge is -2.09. The highest BCUT2D eigenvalue weighted by Crippen LogP contribution is 2.39. The summed E-state index contributed by atoms with van der Waals surface area (Å²) in [5.74, 6) is -0.197. The van der Waals surface area contributed by atoms with Crippen molar-refractivity contribution in [2.24, 2.45) is 0 Å². The van der Waals surface area contributed by atoms with Crippen LogP contribution in [0.5, 0.6) is 0 Å². The molecular weight excluding hydrogens is 386 g/mol. The molecule has 0 amide bonds. The van der Waals surface area contributed by atoms with E-state index in [1.807, 2.05) is 6.07 Å². The number of aryl methyl sites for hydroxylation is 1. The third-order valence-electron chi connectivity index (χ3n) is 4.30. The highest BCUT2D eigenvalue weighted by atomic mass is 19.4. The van der Waals surface area contributed by atoms with Gasteiger partial charge in [-0.05, 0) is 36.8 Å². The topological polar surface area (TPSA) is 55.1 Å². The average molecular weight is 401 g/mol. The summed E-state index contributed by atoms with van der Waals surface area (Å²) in [7, 11) is 0. The SMILES string of the molecule is Cc1cc(NCc2ccccn2)n2nc(C(F)(F)F)c(-c3ccc(F)cc3)c2n1. The largest absolute Gasteiger partial charge is 0.435 e. The van der Waals surface area contributed by atoms with Gasteiger partial charge in [0, 0.05) is 18.0 Å². The molecule has 29 heavy (non-hydrogen) atoms. The van der Waals surface area contributed by atoms with Crippen molar-refractivity contribution in [1.29, 1.82) is 0 Å². The normalized spacial score (nSPS) is 11.8. The van der Waals surface area contributed by atoms with Crippen LogP contribution >= 0.6 is 0 Å². The van der Waals surface area contributed by atoms with E-state index in [4.69, 9.17) is 0 Å². The summed E-state index contributed by atoms with van der Waals surface area (Å²) in [5.41, 5.74) is 0.176. The number of hydrogen-bond donors (Lipinski definition) is 1. The Kier molecular flexibility index (Phi) is 4.65. The number of pyridine rings is 1. The van der Waals surface area contributed by atoms with Crippen LogP contribution in [0, 0.1) is 12.7 Å². The number of nitrogens with zero attached hydrogens (tertiary/aromatic N) is 4. The smallest absolute Gasteiger partial charge is 0.364 e. The lowest BCUT2D eigenvalue weighted by Crippen LogP contribution is -2.09. The Balaban J connectivity index is 1.88. The van der Waals surface area contributed by atoms with Crippen molar-refractivity contribution in [3.63, 3.8) is 0 Å². The fourth-order valence-corrected chi connectivity index (χ4v) is 3.03. The molecule has 0 unspecified atom stereocenters. The fraction of sp³-hybridized carbons (Fsp3) is 0.150. The van der Waals surface area contributed by atoms with E-state index >= 15 is 0 Å². The second kappa shape index (κ2) is 7.16. The average Bonchev–Trinajstić information content (AvgIpc) is 3.07. The minimum absolute atomic E-state index is 0.0347. The second-order valence-corrected chi connectivity index (χ2v) is 6.42. The highest BCUT2D eigenvalue weighted by Gasteiger charge is 2.39. The number of hydrogen-bond acceptors (Lipinski definition) is 4. The van der Waals surface area contributed by atoms with E-state index in [2.05, 4.69) is 20.4 Å². The van der Waals surface area contributed by atoms with Crippen LogP contribution in [0.25, 0.3) is 16.8 Å². The number of rotatable bonds is 4. The first-order valence-electron chi connectivity index (χ1n) is 8.70. The van der Waals surface area contributed by atoms with Gasteiger partial charge in [-0.15, -0.1) is 0 Å². The molecule has 0 fully saturated rings. The fourth-order valence-electron chi connectivity index (χ4n) is 3.03. The molecule has 0 saturated heterocycles. The lowest BCUT2D eigenvalue weighted by atomic mass is 10.1. The van der Waals surface area contributed by atoms with Crippen molar-refractivity contribution < 1.29 is 17.6 Å². The molecule has 0 spiro atoms. The monoisotopic (exact) mass is 401 g/mol. The molecule has 148 valence electrons. The van der Waals surface area contributed by atoms with Gasteiger partial charge in [-0.2, -0.15) is 22.8 Å². The van der Waals surface area contributed by atoms with Gasteiger partial charge in [-0.3, -0.25) is 4.98 Å². The van der Waals surface area contributed by atoms with Gasteiger partial charge < -0.3 is 5.32 Å². The molecule has 0 aliphatic carbocycles. The molecule has 1 aromatic carbocycles. The molecule has 0 aliphatic rings. The predicted molar refractivity (Wildman–Crippen MR) is 99.7 cm³/mol. The van der Waals surface area contributed by atoms with Crippen LogP contribution in [0.3, 0.4) is 0 Å². The molecule has 0 atom stereocenters. The zero-order chi connectivity index (χ0) is 20.6. The summed E-state index contributed by atoms with van der Waals surface area (Å²) < 4.78 is 55.6. The molecule has 0 saturated carbocycles. The van der Waals surface area contributed by atoms with E-state index in [0.29, 0.717) is 18.1 Å². The molecule has 3 aromatic heterocycles. The Morgan fingerprint density at radius 2 is 1.83 bits per heavy atom. The van der Waals surface area contributed by atoms with Crippen LogP contribution in [-0.2, 0) is 12.7 Å². The molecule has 9 heteroatoms. The summed E-state index contributed by atoms with van der Waals surface area (Å²) >= 11 is 0. The summed E-state index contributed by atoms with van der Waals surface area (Å²) in [6.45, 7) is 1.98. The first-order valence-corrected chi connectivity index (χ1v) is 8.70. The predicted octanol–water partition coefficient (Wildman–Crippen LogP) is 4.87. The van der Waals surface area contributed by atoms with Crippen molar-refractivity contribution in [2.45, 2.75) is 19.6 Å². The number of benzene rings is 1. The molecule has 3 heterocycles. The van der Waals surface area contributed by atoms with Crippen molar-refractivity contribution in [1.82, 2.24) is 19.6 Å². The van der Waals surface area contributed by atoms with Crippen LogP contribution in [0.1, 0.15) is 17.1 Å². The van der Waals surface area contributed by atoms with Crippen molar-refractivity contribution in [3.05, 3.63) is 77.6 Å². The maximum atomic E-state index is 13.7. The van der Waals surface area contributed by atoms with Crippen molar-refractivity contribution >= 4 is 11.5 Å². The van der Waals surface area contributed by atoms with Gasteiger partial charge in [0.25, 0.3) is 0 Å². The van der Waals surface area contributed by atoms with E-state index in [-0.39, 0.29) is 16.8 Å². The van der Waals surface area contributed by atoms with Crippen molar-refractivity contribution in [3.8, 4) is 11.1 Å². The molecule has 0 bridgehead atoms. The Morgan fingerprint density at radius 3 is 2.48 bits per heavy atom. The number of fused-ring (bicyclic) bond motifs is 1. The second-order valence-electron chi connectivity index (χ2n) is 6.42. The van der Waals surface area contributed by atoms with E-state index in [0.717, 1.165) is 22.3 Å². The zero-order valence-electron chi connectivity index (χ0n) is 15.2. The maximum Gasteiger partial charge on any atom is 0.435 e. The summed E-state index contributed by atoms with van der Waals surface area (Å²) in [6.07, 6.45) is -3.07. The van der Waals surface area contributed by atoms with Gasteiger partial charge in [-0.25, -0.2) is 9.37 Å². The minimum atomic E-state index is -4.70. The Bertz CT molecular complexity index is 1150. The first kappa shape index (κ1) is 18.9. The molecule has 4 rings (SSSR count). The van der Waals surface area contributed by atoms with Crippen LogP contribution in [0.2, 0.25) is 0 Å². The van der Waals surface area contributed by atoms with Crippen LogP contribution in [0.15, 0.2) is 54.7 Å². The zero-order valence-corrected chi connectivity index (χ0v) is 15.2. The van der Waals surface area contributed by atoms with Gasteiger partial charge in [0.1, 0.15) is 11.6 Å². The number of halogens is 4. The van der Waals surface area contributed by atoms with Gasteiger partial charge in [-0.1, -0.05) is 18.2 Å². The van der Waals surface area contributed by atoms with Crippen LogP contribution in [-0.4, -0.2) is 19.6 Å². The van der Waals surface area contributed by atoms with Gasteiger partial charge in [0.2, 0.25) is 0 Å².